The van der Waals surface area contributed by atoms with Gasteiger partial charge in [0.2, 0.25) is 0 Å². The van der Waals surface area contributed by atoms with Crippen LogP contribution in [0.3, 0.4) is 0 Å². The van der Waals surface area contributed by atoms with Crippen LogP contribution in [0.5, 0.6) is 0 Å². The molecule has 142 valence electrons. The minimum Gasteiger partial charge on any atom is -0.376 e. The molecule has 4 nitrogen and oxygen atoms in total. The Labute approximate surface area is 167 Å². The lowest BCUT2D eigenvalue weighted by Crippen LogP contribution is -2.28. The van der Waals surface area contributed by atoms with E-state index in [1.165, 1.54) is 10.4 Å². The second-order valence-corrected chi connectivity index (χ2v) is 9.04. The number of thiophene rings is 1. The van der Waals surface area contributed by atoms with Crippen molar-refractivity contribution in [1.29, 1.82) is 0 Å². The molecule has 4 rings (SSSR count). The third-order valence-corrected chi connectivity index (χ3v) is 7.14. The minimum atomic E-state index is 0.0901. The van der Waals surface area contributed by atoms with Crippen LogP contribution in [0.1, 0.15) is 35.8 Å². The van der Waals surface area contributed by atoms with E-state index < -0.39 is 0 Å². The summed E-state index contributed by atoms with van der Waals surface area (Å²) in [4.78, 5) is 20.4. The fraction of sp³-hybridized carbons (Fsp3) is 0.429. The van der Waals surface area contributed by atoms with E-state index in [-0.39, 0.29) is 11.7 Å². The molecule has 1 aromatic carbocycles. The molecular weight excluding hydrogens is 376 g/mol. The van der Waals surface area contributed by atoms with Gasteiger partial charge in [0, 0.05) is 17.2 Å². The van der Waals surface area contributed by atoms with Gasteiger partial charge in [0.1, 0.15) is 4.83 Å². The van der Waals surface area contributed by atoms with Crippen LogP contribution < -0.4 is 5.56 Å². The molecule has 3 aromatic rings. The summed E-state index contributed by atoms with van der Waals surface area (Å²) in [7, 11) is 0. The molecule has 0 amide bonds. The Kier molecular flexibility index (Phi) is 5.66. The van der Waals surface area contributed by atoms with Crippen molar-refractivity contribution in [1.82, 2.24) is 9.55 Å². The number of thioether (sulfide) groups is 1. The van der Waals surface area contributed by atoms with Crippen molar-refractivity contribution in [3.63, 3.8) is 0 Å². The smallest absolute Gasteiger partial charge is 0.263 e. The maximum atomic E-state index is 13.4. The number of ether oxygens (including phenoxy) is 1. The first kappa shape index (κ1) is 18.7. The molecule has 3 heterocycles. The van der Waals surface area contributed by atoms with E-state index in [9.17, 15) is 4.79 Å². The Morgan fingerprint density at radius 2 is 2.15 bits per heavy atom. The van der Waals surface area contributed by atoms with E-state index in [2.05, 4.69) is 26.0 Å². The van der Waals surface area contributed by atoms with E-state index in [1.807, 2.05) is 22.8 Å². The van der Waals surface area contributed by atoms with Crippen molar-refractivity contribution in [3.8, 4) is 0 Å². The molecular formula is C21H24N2O2S2. The molecule has 0 aliphatic carbocycles. The standard InChI is InChI=1S/C21H24N2O2S2/c1-3-17-14(2)27-19-18(17)20(24)23(12-16-10-7-11-25-16)21(22-19)26-13-15-8-5-4-6-9-15/h4-6,8-9,16H,3,7,10-13H2,1-2H3/t16-/m1/s1. The fourth-order valence-electron chi connectivity index (χ4n) is 3.64. The number of hydrogen-bond donors (Lipinski definition) is 0. The lowest BCUT2D eigenvalue weighted by Gasteiger charge is -2.16. The molecule has 0 bridgehead atoms. The minimum absolute atomic E-state index is 0.0901. The summed E-state index contributed by atoms with van der Waals surface area (Å²) in [5.41, 5.74) is 2.47. The number of fused-ring (bicyclic) bond motifs is 1. The highest BCUT2D eigenvalue weighted by atomic mass is 32.2. The van der Waals surface area contributed by atoms with Crippen LogP contribution in [-0.2, 0) is 23.5 Å². The molecule has 0 N–H and O–H groups in total. The summed E-state index contributed by atoms with van der Waals surface area (Å²) < 4.78 is 7.67. The van der Waals surface area contributed by atoms with Gasteiger partial charge >= 0.3 is 0 Å². The van der Waals surface area contributed by atoms with E-state index in [0.717, 1.165) is 52.6 Å². The molecule has 1 fully saturated rings. The third-order valence-electron chi connectivity index (χ3n) is 5.05. The lowest BCUT2D eigenvalue weighted by atomic mass is 10.1. The van der Waals surface area contributed by atoms with Gasteiger partial charge in [0.05, 0.1) is 18.0 Å². The van der Waals surface area contributed by atoms with E-state index in [4.69, 9.17) is 9.72 Å². The molecule has 2 aromatic heterocycles. The predicted octanol–water partition coefficient (Wildman–Crippen LogP) is 4.80. The van der Waals surface area contributed by atoms with Gasteiger partial charge in [-0.1, -0.05) is 49.0 Å². The van der Waals surface area contributed by atoms with Crippen molar-refractivity contribution < 1.29 is 4.74 Å². The van der Waals surface area contributed by atoms with Crippen LogP contribution in [0.25, 0.3) is 10.2 Å². The summed E-state index contributed by atoms with van der Waals surface area (Å²) >= 11 is 3.27. The molecule has 1 atom stereocenters. The Morgan fingerprint density at radius 3 is 2.85 bits per heavy atom. The van der Waals surface area contributed by atoms with Crippen molar-refractivity contribution in [2.45, 2.75) is 56.7 Å². The van der Waals surface area contributed by atoms with E-state index >= 15 is 0 Å². The summed E-state index contributed by atoms with van der Waals surface area (Å²) in [6.07, 6.45) is 3.05. The highest BCUT2D eigenvalue weighted by Gasteiger charge is 2.22. The average Bonchev–Trinajstić information content (AvgIpc) is 3.30. The normalized spacial score (nSPS) is 17.0. The summed E-state index contributed by atoms with van der Waals surface area (Å²) in [5.74, 6) is 0.801. The molecule has 0 spiro atoms. The van der Waals surface area contributed by atoms with Crippen LogP contribution >= 0.6 is 23.1 Å². The van der Waals surface area contributed by atoms with E-state index in [0.29, 0.717) is 6.54 Å². The molecule has 0 radical (unpaired) electrons. The van der Waals surface area contributed by atoms with Crippen LogP contribution in [0.2, 0.25) is 0 Å². The second kappa shape index (κ2) is 8.17. The third kappa shape index (κ3) is 3.84. The van der Waals surface area contributed by atoms with Gasteiger partial charge in [-0.3, -0.25) is 9.36 Å². The molecule has 1 saturated heterocycles. The maximum absolute atomic E-state index is 13.4. The average molecular weight is 401 g/mol. The van der Waals surface area contributed by atoms with Gasteiger partial charge in [-0.25, -0.2) is 4.98 Å². The number of nitrogens with zero attached hydrogens (tertiary/aromatic N) is 2. The number of aryl methyl sites for hydroxylation is 2. The van der Waals surface area contributed by atoms with Gasteiger partial charge in [-0.15, -0.1) is 11.3 Å². The Balaban J connectivity index is 1.76. The molecule has 6 heteroatoms. The summed E-state index contributed by atoms with van der Waals surface area (Å²) in [5, 5.41) is 1.61. The van der Waals surface area contributed by atoms with Gasteiger partial charge in [0.25, 0.3) is 5.56 Å². The Bertz CT molecular complexity index is 989. The second-order valence-electron chi connectivity index (χ2n) is 6.89. The fourth-order valence-corrected chi connectivity index (χ4v) is 5.76. The zero-order valence-corrected chi connectivity index (χ0v) is 17.4. The lowest BCUT2D eigenvalue weighted by molar-refractivity contribution is 0.0937. The number of aromatic nitrogens is 2. The molecule has 27 heavy (non-hydrogen) atoms. The Morgan fingerprint density at radius 1 is 1.33 bits per heavy atom. The molecule has 0 saturated carbocycles. The van der Waals surface area contributed by atoms with Gasteiger partial charge in [-0.05, 0) is 37.3 Å². The topological polar surface area (TPSA) is 44.1 Å². The first-order chi connectivity index (χ1) is 13.2. The highest BCUT2D eigenvalue weighted by Crippen LogP contribution is 2.31. The van der Waals surface area contributed by atoms with Gasteiger partial charge in [0.15, 0.2) is 5.16 Å². The SMILES string of the molecule is CCc1c(C)sc2nc(SCc3ccccc3)n(C[C@H]3CCCO3)c(=O)c12. The quantitative estimate of drug-likeness (QED) is 0.440. The van der Waals surface area contributed by atoms with Crippen LogP contribution in [0.4, 0.5) is 0 Å². The van der Waals surface area contributed by atoms with Crippen molar-refractivity contribution >= 4 is 33.3 Å². The largest absolute Gasteiger partial charge is 0.376 e. The first-order valence-corrected chi connectivity index (χ1v) is 11.3. The van der Waals surface area contributed by atoms with Gasteiger partial charge < -0.3 is 4.74 Å². The summed E-state index contributed by atoms with van der Waals surface area (Å²) in [6.45, 7) is 5.58. The highest BCUT2D eigenvalue weighted by molar-refractivity contribution is 7.98. The van der Waals surface area contributed by atoms with Crippen LogP contribution in [0.15, 0.2) is 40.3 Å². The maximum Gasteiger partial charge on any atom is 0.263 e. The number of benzene rings is 1. The zero-order chi connectivity index (χ0) is 18.8. The van der Waals surface area contributed by atoms with E-state index in [1.54, 1.807) is 23.1 Å². The zero-order valence-electron chi connectivity index (χ0n) is 15.7. The number of rotatable bonds is 6. The number of hydrogen-bond acceptors (Lipinski definition) is 5. The summed E-state index contributed by atoms with van der Waals surface area (Å²) in [6, 6.07) is 10.3. The molecule has 0 unspecified atom stereocenters. The first-order valence-electron chi connectivity index (χ1n) is 9.48. The molecule has 1 aliphatic heterocycles. The predicted molar refractivity (Wildman–Crippen MR) is 113 cm³/mol. The van der Waals surface area contributed by atoms with Crippen molar-refractivity contribution in [2.75, 3.05) is 6.61 Å². The van der Waals surface area contributed by atoms with Crippen molar-refractivity contribution in [3.05, 3.63) is 56.7 Å². The monoisotopic (exact) mass is 400 g/mol. The molecule has 1 aliphatic rings. The van der Waals surface area contributed by atoms with Crippen molar-refractivity contribution in [2.24, 2.45) is 0 Å². The van der Waals surface area contributed by atoms with Crippen LogP contribution in [0, 0.1) is 6.92 Å². The van der Waals surface area contributed by atoms with Gasteiger partial charge in [-0.2, -0.15) is 0 Å². The van der Waals surface area contributed by atoms with Crippen LogP contribution in [-0.4, -0.2) is 22.3 Å². The Hall–Kier alpha value is -1.63.